The van der Waals surface area contributed by atoms with E-state index < -0.39 is 5.60 Å². The molecule has 3 N–H and O–H groups in total. The minimum Gasteiger partial charge on any atom is -0.389 e. The van der Waals surface area contributed by atoms with Gasteiger partial charge in [-0.1, -0.05) is 18.2 Å². The summed E-state index contributed by atoms with van der Waals surface area (Å²) in [5.41, 5.74) is -0.0531. The number of amides is 1. The topological polar surface area (TPSA) is 82.2 Å². The van der Waals surface area contributed by atoms with E-state index in [4.69, 9.17) is 0 Å². The number of aromatic nitrogens is 1. The van der Waals surface area contributed by atoms with E-state index in [-0.39, 0.29) is 18.0 Å². The second-order valence-corrected chi connectivity index (χ2v) is 5.50. The first kappa shape index (κ1) is 15.0. The van der Waals surface area contributed by atoms with Crippen molar-refractivity contribution in [3.05, 3.63) is 52.3 Å². The van der Waals surface area contributed by atoms with Crippen molar-refractivity contribution in [2.75, 3.05) is 6.54 Å². The fourth-order valence-electron chi connectivity index (χ4n) is 1.82. The van der Waals surface area contributed by atoms with Gasteiger partial charge >= 0.3 is 0 Å². The van der Waals surface area contributed by atoms with Crippen molar-refractivity contribution >= 4 is 22.9 Å². The van der Waals surface area contributed by atoms with Crippen LogP contribution in [0, 0.1) is 0 Å². The Bertz CT molecular complexity index is 739. The molecule has 0 bridgehead atoms. The van der Waals surface area contributed by atoms with Gasteiger partial charge in [-0.2, -0.15) is 0 Å². The summed E-state index contributed by atoms with van der Waals surface area (Å²) in [5.74, 6) is -0.357. The number of hydrogen-bond acceptors (Lipinski definition) is 3. The van der Waals surface area contributed by atoms with Gasteiger partial charge in [0.2, 0.25) is 5.91 Å². The summed E-state index contributed by atoms with van der Waals surface area (Å²) in [6.45, 7) is 3.35. The average Bonchev–Trinajstić information content (AvgIpc) is 2.42. The van der Waals surface area contributed by atoms with E-state index in [1.165, 1.54) is 12.2 Å². The molecule has 0 radical (unpaired) electrons. The molecule has 2 rings (SSSR count). The highest BCUT2D eigenvalue weighted by molar-refractivity contribution is 5.92. The van der Waals surface area contributed by atoms with Crippen molar-refractivity contribution in [2.24, 2.45) is 0 Å². The predicted octanol–water partition coefficient (Wildman–Crippen LogP) is 1.43. The third-order valence-corrected chi connectivity index (χ3v) is 2.89. The van der Waals surface area contributed by atoms with Crippen LogP contribution in [0.3, 0.4) is 0 Å². The first-order valence-electron chi connectivity index (χ1n) is 6.65. The van der Waals surface area contributed by atoms with Crippen LogP contribution < -0.4 is 10.9 Å². The van der Waals surface area contributed by atoms with E-state index >= 15 is 0 Å². The summed E-state index contributed by atoms with van der Waals surface area (Å²) >= 11 is 0. The lowest BCUT2D eigenvalue weighted by atomic mass is 10.1. The van der Waals surface area contributed by atoms with Crippen molar-refractivity contribution in [1.82, 2.24) is 10.3 Å². The van der Waals surface area contributed by atoms with Gasteiger partial charge in [0, 0.05) is 23.7 Å². The van der Waals surface area contributed by atoms with E-state index in [9.17, 15) is 14.7 Å². The fourth-order valence-corrected chi connectivity index (χ4v) is 1.82. The van der Waals surface area contributed by atoms with Crippen molar-refractivity contribution in [2.45, 2.75) is 19.4 Å². The normalized spacial score (nSPS) is 12.0. The lowest BCUT2D eigenvalue weighted by Gasteiger charge is -2.16. The Kier molecular flexibility index (Phi) is 4.23. The molecule has 1 aromatic heterocycles. The van der Waals surface area contributed by atoms with Crippen LogP contribution in [0.2, 0.25) is 0 Å². The smallest absolute Gasteiger partial charge is 0.255 e. The van der Waals surface area contributed by atoms with Crippen LogP contribution in [-0.2, 0) is 4.79 Å². The highest BCUT2D eigenvalue weighted by Crippen LogP contribution is 2.10. The van der Waals surface area contributed by atoms with E-state index in [1.807, 2.05) is 24.3 Å². The second-order valence-electron chi connectivity index (χ2n) is 5.50. The highest BCUT2D eigenvalue weighted by atomic mass is 16.3. The molecule has 0 atom stereocenters. The zero-order valence-electron chi connectivity index (χ0n) is 12.0. The first-order chi connectivity index (χ1) is 9.85. The quantitative estimate of drug-likeness (QED) is 0.744. The summed E-state index contributed by atoms with van der Waals surface area (Å²) in [4.78, 5) is 26.3. The van der Waals surface area contributed by atoms with Crippen molar-refractivity contribution < 1.29 is 9.90 Å². The number of rotatable bonds is 4. The third-order valence-electron chi connectivity index (χ3n) is 2.89. The van der Waals surface area contributed by atoms with Crippen LogP contribution in [0.5, 0.6) is 0 Å². The first-order valence-corrected chi connectivity index (χ1v) is 6.65. The second kappa shape index (κ2) is 5.93. The molecule has 0 saturated heterocycles. The standard InChI is InChI=1S/C16H18N2O3/c1-16(2,21)10-17-14(19)8-7-12-9-11-5-3-4-6-13(11)18-15(12)20/h3-9,21H,10H2,1-2H3,(H,17,19)(H,18,20)/b8-7+. The number of aliphatic hydroxyl groups is 1. The summed E-state index contributed by atoms with van der Waals surface area (Å²) in [6.07, 6.45) is 2.75. The molecule has 0 spiro atoms. The number of fused-ring (bicyclic) bond motifs is 1. The molecule has 0 aliphatic rings. The van der Waals surface area contributed by atoms with Gasteiger partial charge in [-0.05, 0) is 37.4 Å². The minimum atomic E-state index is -0.968. The van der Waals surface area contributed by atoms with Crippen LogP contribution in [0.15, 0.2) is 41.2 Å². The van der Waals surface area contributed by atoms with Gasteiger partial charge in [-0.15, -0.1) is 0 Å². The number of carbonyl (C=O) groups is 1. The molecular formula is C16H18N2O3. The van der Waals surface area contributed by atoms with E-state index in [0.717, 1.165) is 10.9 Å². The van der Waals surface area contributed by atoms with Crippen molar-refractivity contribution in [3.8, 4) is 0 Å². The molecule has 0 aliphatic carbocycles. The van der Waals surface area contributed by atoms with Gasteiger partial charge in [-0.25, -0.2) is 0 Å². The number of hydrogen-bond donors (Lipinski definition) is 3. The Hall–Kier alpha value is -2.40. The van der Waals surface area contributed by atoms with Gasteiger partial charge in [-0.3, -0.25) is 9.59 Å². The van der Waals surface area contributed by atoms with E-state index in [0.29, 0.717) is 5.56 Å². The fraction of sp³-hybridized carbons (Fsp3) is 0.250. The molecule has 5 heteroatoms. The maximum atomic E-state index is 11.9. The molecule has 0 saturated carbocycles. The van der Waals surface area contributed by atoms with Crippen molar-refractivity contribution in [3.63, 3.8) is 0 Å². The molecule has 1 aromatic carbocycles. The van der Waals surface area contributed by atoms with Crippen LogP contribution in [0.4, 0.5) is 0 Å². The Morgan fingerprint density at radius 1 is 1.38 bits per heavy atom. The molecular weight excluding hydrogens is 268 g/mol. The maximum absolute atomic E-state index is 11.9. The van der Waals surface area contributed by atoms with Gasteiger partial charge < -0.3 is 15.4 Å². The van der Waals surface area contributed by atoms with E-state index in [1.54, 1.807) is 19.9 Å². The number of para-hydroxylation sites is 1. The Balaban J connectivity index is 2.15. The third kappa shape index (κ3) is 4.29. The molecule has 110 valence electrons. The minimum absolute atomic E-state index is 0.143. The molecule has 2 aromatic rings. The SMILES string of the molecule is CC(C)(O)CNC(=O)/C=C/c1cc2ccccc2[nH]c1=O. The molecule has 0 aliphatic heterocycles. The van der Waals surface area contributed by atoms with Gasteiger partial charge in [0.25, 0.3) is 5.56 Å². The highest BCUT2D eigenvalue weighted by Gasteiger charge is 2.12. The number of nitrogens with one attached hydrogen (secondary N) is 2. The zero-order valence-corrected chi connectivity index (χ0v) is 12.0. The van der Waals surface area contributed by atoms with Crippen LogP contribution >= 0.6 is 0 Å². The Morgan fingerprint density at radius 2 is 2.10 bits per heavy atom. The maximum Gasteiger partial charge on any atom is 0.255 e. The molecule has 1 amide bonds. The molecule has 1 heterocycles. The number of benzene rings is 1. The summed E-state index contributed by atoms with van der Waals surface area (Å²) in [5, 5.41) is 13.0. The van der Waals surface area contributed by atoms with E-state index in [2.05, 4.69) is 10.3 Å². The largest absolute Gasteiger partial charge is 0.389 e. The molecule has 0 fully saturated rings. The number of pyridine rings is 1. The number of aromatic amines is 1. The van der Waals surface area contributed by atoms with Gasteiger partial charge in [0.1, 0.15) is 0 Å². The average molecular weight is 286 g/mol. The van der Waals surface area contributed by atoms with Crippen LogP contribution in [-0.4, -0.2) is 28.1 Å². The van der Waals surface area contributed by atoms with Crippen LogP contribution in [0.1, 0.15) is 19.4 Å². The monoisotopic (exact) mass is 286 g/mol. The van der Waals surface area contributed by atoms with Gasteiger partial charge in [0.05, 0.1) is 5.60 Å². The summed E-state index contributed by atoms with van der Waals surface area (Å²) < 4.78 is 0. The Labute approximate surface area is 122 Å². The number of H-pyrrole nitrogens is 1. The molecule has 5 nitrogen and oxygen atoms in total. The lowest BCUT2D eigenvalue weighted by Crippen LogP contribution is -2.37. The van der Waals surface area contributed by atoms with Crippen LogP contribution in [0.25, 0.3) is 17.0 Å². The molecule has 0 unspecified atom stereocenters. The Morgan fingerprint density at radius 3 is 2.81 bits per heavy atom. The van der Waals surface area contributed by atoms with Crippen molar-refractivity contribution in [1.29, 1.82) is 0 Å². The molecule has 21 heavy (non-hydrogen) atoms. The summed E-state index contributed by atoms with van der Waals surface area (Å²) in [6, 6.07) is 9.16. The zero-order chi connectivity index (χ0) is 15.5. The van der Waals surface area contributed by atoms with Gasteiger partial charge in [0.15, 0.2) is 0 Å². The predicted molar refractivity (Wildman–Crippen MR) is 82.9 cm³/mol. The number of carbonyl (C=O) groups excluding carboxylic acids is 1. The lowest BCUT2D eigenvalue weighted by molar-refractivity contribution is -0.117. The summed E-state index contributed by atoms with van der Waals surface area (Å²) in [7, 11) is 0.